The zero-order valence-electron chi connectivity index (χ0n) is 11.8. The van der Waals surface area contributed by atoms with Crippen LogP contribution < -0.4 is 15.0 Å². The van der Waals surface area contributed by atoms with E-state index in [2.05, 4.69) is 0 Å². The van der Waals surface area contributed by atoms with Crippen molar-refractivity contribution >= 4 is 13.0 Å². The maximum Gasteiger partial charge on any atom is 0.125 e. The van der Waals surface area contributed by atoms with Crippen molar-refractivity contribution in [1.29, 1.82) is 0 Å². The van der Waals surface area contributed by atoms with Crippen molar-refractivity contribution in [3.05, 3.63) is 42.2 Å². The average molecular weight is 278 g/mol. The fraction of sp³-hybridized carbons (Fsp3) is 0.357. The Morgan fingerprint density at radius 2 is 1.95 bits per heavy atom. The number of benzene rings is 1. The summed E-state index contributed by atoms with van der Waals surface area (Å²) in [5.74, 6) is -2.24. The molecule has 0 bridgehead atoms. The van der Waals surface area contributed by atoms with Crippen LogP contribution in [-0.2, 0) is 20.5 Å². The van der Waals surface area contributed by atoms with E-state index < -0.39 is 5.82 Å². The smallest absolute Gasteiger partial charge is 0.125 e. The Bertz CT molecular complexity index is 562. The fourth-order valence-corrected chi connectivity index (χ4v) is 2.06. The van der Waals surface area contributed by atoms with Crippen LogP contribution >= 0.6 is 0 Å². The summed E-state index contributed by atoms with van der Waals surface area (Å²) in [6.07, 6.45) is 3.16. The second kappa shape index (κ2) is 5.65. The minimum Gasteiger partial charge on any atom is -0.497 e. The van der Waals surface area contributed by atoms with Gasteiger partial charge in [0.2, 0.25) is 0 Å². The number of aryl methyl sites for hydroxylation is 2. The molecule has 2 rings (SSSR count). The van der Waals surface area contributed by atoms with Crippen LogP contribution in [-0.4, -0.2) is 24.8 Å². The number of methoxy groups -OCH3 is 1. The highest BCUT2D eigenvalue weighted by molar-refractivity contribution is 6.53. The first-order valence-corrected chi connectivity index (χ1v) is 6.29. The van der Waals surface area contributed by atoms with Gasteiger partial charge in [0.25, 0.3) is 0 Å². The Morgan fingerprint density at radius 3 is 2.45 bits per heavy atom. The fourth-order valence-electron chi connectivity index (χ4n) is 2.06. The molecule has 20 heavy (non-hydrogen) atoms. The molecule has 0 saturated heterocycles. The van der Waals surface area contributed by atoms with Gasteiger partial charge in [-0.25, -0.2) is 0 Å². The number of ether oxygens (including phenoxy) is 1. The summed E-state index contributed by atoms with van der Waals surface area (Å²) < 4.78 is 36.6. The summed E-state index contributed by atoms with van der Waals surface area (Å²) in [6, 6.07) is 6.69. The van der Waals surface area contributed by atoms with Crippen LogP contribution in [0.1, 0.15) is 5.56 Å². The van der Waals surface area contributed by atoms with Crippen molar-refractivity contribution < 1.29 is 18.1 Å². The lowest BCUT2D eigenvalue weighted by atomic mass is 9.67. The van der Waals surface area contributed by atoms with Crippen LogP contribution in [0.2, 0.25) is 0 Å². The standard InChI is InChI=1S/C14H17BF2N2O/c1-18-8-9-19(2)13(18)15-14(16,17)10-11-4-6-12(20-3)7-5-11/h4-9H,10H2,1-3H3. The van der Waals surface area contributed by atoms with E-state index in [0.717, 1.165) is 7.28 Å². The molecule has 1 heterocycles. The number of hydrogen-bond acceptors (Lipinski definition) is 1. The predicted octanol–water partition coefficient (Wildman–Crippen LogP) is 1.02. The quantitative estimate of drug-likeness (QED) is 0.590. The maximum absolute atomic E-state index is 14.1. The molecule has 3 nitrogen and oxygen atoms in total. The highest BCUT2D eigenvalue weighted by atomic mass is 19.3. The highest BCUT2D eigenvalue weighted by Crippen LogP contribution is 2.20. The number of imidazole rings is 1. The van der Waals surface area contributed by atoms with E-state index in [1.54, 1.807) is 67.0 Å². The zero-order chi connectivity index (χ0) is 14.8. The molecule has 0 aliphatic heterocycles. The van der Waals surface area contributed by atoms with E-state index in [-0.39, 0.29) is 6.42 Å². The molecule has 2 aromatic rings. The van der Waals surface area contributed by atoms with Crippen LogP contribution in [0.25, 0.3) is 0 Å². The normalized spacial score (nSPS) is 11.7. The molecule has 0 saturated carbocycles. The monoisotopic (exact) mass is 278 g/mol. The van der Waals surface area contributed by atoms with Gasteiger partial charge in [-0.05, 0) is 24.1 Å². The van der Waals surface area contributed by atoms with E-state index in [9.17, 15) is 8.78 Å². The van der Waals surface area contributed by atoms with Crippen LogP contribution in [0.5, 0.6) is 5.75 Å². The summed E-state index contributed by atoms with van der Waals surface area (Å²) in [6.45, 7) is 0. The summed E-state index contributed by atoms with van der Waals surface area (Å²) in [5, 5.41) is 0. The third-order valence-electron chi connectivity index (χ3n) is 3.18. The SMILES string of the molecule is COc1ccc(CC(F)(F)[B-]c2n(C)cc[n+]2C)cc1. The van der Waals surface area contributed by atoms with Gasteiger partial charge in [-0.15, -0.1) is 0 Å². The number of hydrogen-bond donors (Lipinski definition) is 0. The van der Waals surface area contributed by atoms with Crippen LogP contribution in [0.4, 0.5) is 8.78 Å². The molecule has 0 N–H and O–H groups in total. The third-order valence-corrected chi connectivity index (χ3v) is 3.18. The van der Waals surface area contributed by atoms with E-state index in [0.29, 0.717) is 17.0 Å². The van der Waals surface area contributed by atoms with Gasteiger partial charge in [-0.3, -0.25) is 17.9 Å². The first-order chi connectivity index (χ1) is 9.41. The van der Waals surface area contributed by atoms with Gasteiger partial charge in [0, 0.05) is 5.72 Å². The molecule has 0 aliphatic carbocycles. The summed E-state index contributed by atoms with van der Waals surface area (Å²) in [4.78, 5) is 0. The number of rotatable bonds is 5. The van der Waals surface area contributed by atoms with Crippen molar-refractivity contribution in [2.45, 2.75) is 12.2 Å². The highest BCUT2D eigenvalue weighted by Gasteiger charge is 2.21. The molecule has 6 heteroatoms. The first-order valence-electron chi connectivity index (χ1n) is 6.29. The Labute approximate surface area is 118 Å². The number of alkyl halides is 2. The molecule has 0 aliphatic rings. The van der Waals surface area contributed by atoms with Crippen molar-refractivity contribution in [3.8, 4) is 5.75 Å². The lowest BCUT2D eigenvalue weighted by Crippen LogP contribution is -2.55. The minimum atomic E-state index is -2.90. The second-order valence-corrected chi connectivity index (χ2v) is 4.81. The number of halogens is 2. The lowest BCUT2D eigenvalue weighted by molar-refractivity contribution is -0.653. The van der Waals surface area contributed by atoms with Gasteiger partial charge in [0.1, 0.15) is 18.1 Å². The third kappa shape index (κ3) is 3.38. The molecule has 0 spiro atoms. The van der Waals surface area contributed by atoms with Gasteiger partial charge in [0.05, 0.1) is 27.0 Å². The van der Waals surface area contributed by atoms with Gasteiger partial charge < -0.3 is 4.74 Å². The first kappa shape index (κ1) is 14.6. The maximum atomic E-state index is 14.1. The van der Waals surface area contributed by atoms with Gasteiger partial charge in [0.15, 0.2) is 0 Å². The summed E-state index contributed by atoms with van der Waals surface area (Å²) in [7, 11) is 6.04. The molecular formula is C14H17BF2N2O. The van der Waals surface area contributed by atoms with Crippen LogP contribution in [0.15, 0.2) is 36.7 Å². The zero-order valence-corrected chi connectivity index (χ0v) is 11.8. The Hall–Kier alpha value is -1.85. The summed E-state index contributed by atoms with van der Waals surface area (Å²) in [5.41, 5.74) is 1.05. The molecule has 1 aromatic heterocycles. The van der Waals surface area contributed by atoms with Crippen LogP contribution in [0, 0.1) is 0 Å². The van der Waals surface area contributed by atoms with Gasteiger partial charge in [-0.2, -0.15) is 0 Å². The van der Waals surface area contributed by atoms with E-state index in [1.807, 2.05) is 0 Å². The molecule has 0 amide bonds. The second-order valence-electron chi connectivity index (χ2n) is 4.81. The van der Waals surface area contributed by atoms with Crippen molar-refractivity contribution in [2.24, 2.45) is 14.1 Å². The predicted molar refractivity (Wildman–Crippen MR) is 73.6 cm³/mol. The van der Waals surface area contributed by atoms with E-state index in [4.69, 9.17) is 4.74 Å². The van der Waals surface area contributed by atoms with Crippen LogP contribution in [0.3, 0.4) is 0 Å². The Kier molecular flexibility index (Phi) is 4.11. The molecule has 0 atom stereocenters. The lowest BCUT2D eigenvalue weighted by Gasteiger charge is -2.27. The van der Waals surface area contributed by atoms with E-state index in [1.165, 1.54) is 0 Å². The molecule has 106 valence electrons. The summed E-state index contributed by atoms with van der Waals surface area (Å²) >= 11 is 0. The van der Waals surface area contributed by atoms with E-state index >= 15 is 0 Å². The number of nitrogens with zero attached hydrogens (tertiary/aromatic N) is 2. The molecule has 2 radical (unpaired) electrons. The molecule has 0 unspecified atom stereocenters. The Morgan fingerprint density at radius 1 is 1.30 bits per heavy atom. The van der Waals surface area contributed by atoms with Crippen molar-refractivity contribution in [1.82, 2.24) is 4.57 Å². The van der Waals surface area contributed by atoms with Crippen molar-refractivity contribution in [3.63, 3.8) is 0 Å². The number of aromatic nitrogens is 2. The molecule has 1 aromatic carbocycles. The largest absolute Gasteiger partial charge is 0.497 e. The van der Waals surface area contributed by atoms with Gasteiger partial charge in [-0.1, -0.05) is 19.4 Å². The minimum absolute atomic E-state index is 0.331. The molecule has 0 fully saturated rings. The van der Waals surface area contributed by atoms with Gasteiger partial charge >= 0.3 is 0 Å². The average Bonchev–Trinajstić information content (AvgIpc) is 2.70. The molecular weight excluding hydrogens is 261 g/mol. The Balaban J connectivity index is 2.10. The topological polar surface area (TPSA) is 18.0 Å². The van der Waals surface area contributed by atoms with Crippen molar-refractivity contribution in [2.75, 3.05) is 7.11 Å².